The van der Waals surface area contributed by atoms with E-state index < -0.39 is 0 Å². The van der Waals surface area contributed by atoms with Crippen molar-refractivity contribution in [3.63, 3.8) is 0 Å². The molecular weight excluding hydrogens is 232 g/mol. The second-order valence-corrected chi connectivity index (χ2v) is 6.43. The number of hydrogen-bond acceptors (Lipinski definition) is 2. The topological polar surface area (TPSA) is 38.0 Å². The lowest BCUT2D eigenvalue weighted by Crippen LogP contribution is -2.38. The average Bonchev–Trinajstić information content (AvgIpc) is 2.85. The molecule has 0 heterocycles. The molecule has 106 valence electrons. The number of hydrogen-bond donors (Lipinski definition) is 2. The molecule has 3 N–H and O–H groups in total. The second kappa shape index (κ2) is 7.06. The summed E-state index contributed by atoms with van der Waals surface area (Å²) in [7, 11) is 0. The van der Waals surface area contributed by atoms with Gasteiger partial charge in [0.2, 0.25) is 0 Å². The average molecular weight is 260 g/mol. The lowest BCUT2D eigenvalue weighted by molar-refractivity contribution is 0.311. The van der Waals surface area contributed by atoms with Crippen LogP contribution in [0, 0.1) is 5.41 Å². The summed E-state index contributed by atoms with van der Waals surface area (Å²) in [6, 6.07) is 10.9. The highest BCUT2D eigenvalue weighted by atomic mass is 14.9. The molecular formula is C17H28N2. The van der Waals surface area contributed by atoms with Crippen molar-refractivity contribution in [1.29, 1.82) is 0 Å². The smallest absolute Gasteiger partial charge is 0.0168 e. The molecule has 0 amide bonds. The number of aryl methyl sites for hydroxylation is 1. The number of nitrogens with one attached hydrogen (secondary N) is 1. The Morgan fingerprint density at radius 1 is 1.21 bits per heavy atom. The summed E-state index contributed by atoms with van der Waals surface area (Å²) >= 11 is 0. The Hall–Kier alpha value is -0.860. The Balaban J connectivity index is 1.61. The van der Waals surface area contributed by atoms with Crippen LogP contribution in [0.4, 0.5) is 0 Å². The first-order valence-electron chi connectivity index (χ1n) is 7.68. The van der Waals surface area contributed by atoms with Gasteiger partial charge >= 0.3 is 0 Å². The molecule has 1 aromatic rings. The first-order valence-corrected chi connectivity index (χ1v) is 7.68. The summed E-state index contributed by atoms with van der Waals surface area (Å²) in [4.78, 5) is 0. The Kier molecular flexibility index (Phi) is 5.41. The van der Waals surface area contributed by atoms with Crippen LogP contribution in [0.1, 0.15) is 44.6 Å². The summed E-state index contributed by atoms with van der Waals surface area (Å²) in [5, 5.41) is 3.58. The van der Waals surface area contributed by atoms with Crippen molar-refractivity contribution in [3.8, 4) is 0 Å². The molecule has 1 unspecified atom stereocenters. The van der Waals surface area contributed by atoms with E-state index in [2.05, 4.69) is 42.6 Å². The maximum Gasteiger partial charge on any atom is 0.0168 e. The highest BCUT2D eigenvalue weighted by molar-refractivity contribution is 5.14. The van der Waals surface area contributed by atoms with E-state index in [0.717, 1.165) is 25.9 Å². The normalized spacial score (nSPS) is 19.5. The first kappa shape index (κ1) is 14.5. The van der Waals surface area contributed by atoms with Crippen LogP contribution in [0.5, 0.6) is 0 Å². The molecule has 1 aliphatic carbocycles. The Bertz CT molecular complexity index is 355. The molecule has 0 aliphatic heterocycles. The molecule has 1 fully saturated rings. The molecule has 0 saturated heterocycles. The molecule has 19 heavy (non-hydrogen) atoms. The van der Waals surface area contributed by atoms with Crippen molar-refractivity contribution in [1.82, 2.24) is 5.32 Å². The standard InChI is InChI=1S/C17H28N2/c1-17(11-5-6-12-17)14-19-13-16(18)10-9-15-7-3-2-4-8-15/h2-4,7-8,16,19H,5-6,9-14,18H2,1H3. The fraction of sp³-hybridized carbons (Fsp3) is 0.647. The predicted molar refractivity (Wildman–Crippen MR) is 82.2 cm³/mol. The van der Waals surface area contributed by atoms with Crippen LogP contribution >= 0.6 is 0 Å². The van der Waals surface area contributed by atoms with Crippen LogP contribution in [0.25, 0.3) is 0 Å². The number of benzene rings is 1. The summed E-state index contributed by atoms with van der Waals surface area (Å²) in [6.07, 6.45) is 7.70. The van der Waals surface area contributed by atoms with Gasteiger partial charge in [-0.2, -0.15) is 0 Å². The van der Waals surface area contributed by atoms with Crippen LogP contribution in [-0.4, -0.2) is 19.1 Å². The Morgan fingerprint density at radius 2 is 1.89 bits per heavy atom. The third-order valence-electron chi connectivity index (χ3n) is 4.42. The molecule has 2 heteroatoms. The molecule has 1 aromatic carbocycles. The quantitative estimate of drug-likeness (QED) is 0.790. The summed E-state index contributed by atoms with van der Waals surface area (Å²) in [5.41, 5.74) is 8.10. The van der Waals surface area contributed by atoms with Gasteiger partial charge < -0.3 is 11.1 Å². The fourth-order valence-electron chi connectivity index (χ4n) is 3.06. The monoisotopic (exact) mass is 260 g/mol. The Morgan fingerprint density at radius 3 is 2.58 bits per heavy atom. The van der Waals surface area contributed by atoms with E-state index in [1.165, 1.54) is 31.2 Å². The second-order valence-electron chi connectivity index (χ2n) is 6.43. The van der Waals surface area contributed by atoms with Crippen molar-refractivity contribution in [2.75, 3.05) is 13.1 Å². The van der Waals surface area contributed by atoms with E-state index in [0.29, 0.717) is 5.41 Å². The zero-order chi connectivity index (χ0) is 13.6. The van der Waals surface area contributed by atoms with Gasteiger partial charge in [0.25, 0.3) is 0 Å². The minimum atomic E-state index is 0.269. The van der Waals surface area contributed by atoms with Gasteiger partial charge in [0.1, 0.15) is 0 Å². The minimum absolute atomic E-state index is 0.269. The van der Waals surface area contributed by atoms with Gasteiger partial charge in [0.05, 0.1) is 0 Å². The fourth-order valence-corrected chi connectivity index (χ4v) is 3.06. The van der Waals surface area contributed by atoms with Crippen molar-refractivity contribution < 1.29 is 0 Å². The molecule has 2 nitrogen and oxygen atoms in total. The van der Waals surface area contributed by atoms with Crippen LogP contribution in [0.15, 0.2) is 30.3 Å². The first-order chi connectivity index (χ1) is 9.18. The van der Waals surface area contributed by atoms with E-state index in [4.69, 9.17) is 5.73 Å². The van der Waals surface area contributed by atoms with Crippen molar-refractivity contribution in [2.24, 2.45) is 11.1 Å². The van der Waals surface area contributed by atoms with Gasteiger partial charge in [0.15, 0.2) is 0 Å². The molecule has 0 radical (unpaired) electrons. The Labute approximate surface area is 117 Å². The summed E-state index contributed by atoms with van der Waals surface area (Å²) in [5.74, 6) is 0. The van der Waals surface area contributed by atoms with Crippen molar-refractivity contribution in [2.45, 2.75) is 51.5 Å². The van der Waals surface area contributed by atoms with Crippen LogP contribution in [-0.2, 0) is 6.42 Å². The lowest BCUT2D eigenvalue weighted by atomic mass is 9.89. The maximum absolute atomic E-state index is 6.19. The maximum atomic E-state index is 6.19. The number of nitrogens with two attached hydrogens (primary N) is 1. The van der Waals surface area contributed by atoms with E-state index in [1.807, 2.05) is 0 Å². The van der Waals surface area contributed by atoms with Crippen molar-refractivity contribution >= 4 is 0 Å². The van der Waals surface area contributed by atoms with Gasteiger partial charge in [-0.25, -0.2) is 0 Å². The summed E-state index contributed by atoms with van der Waals surface area (Å²) in [6.45, 7) is 4.48. The zero-order valence-corrected chi connectivity index (χ0v) is 12.2. The van der Waals surface area contributed by atoms with Gasteiger partial charge in [-0.15, -0.1) is 0 Å². The van der Waals surface area contributed by atoms with Gasteiger partial charge in [-0.05, 0) is 36.7 Å². The largest absolute Gasteiger partial charge is 0.327 e. The third kappa shape index (κ3) is 4.96. The molecule has 2 rings (SSSR count). The highest BCUT2D eigenvalue weighted by Crippen LogP contribution is 2.36. The number of rotatable bonds is 7. The van der Waals surface area contributed by atoms with E-state index >= 15 is 0 Å². The molecule has 0 aromatic heterocycles. The van der Waals surface area contributed by atoms with Gasteiger partial charge in [0, 0.05) is 19.1 Å². The summed E-state index contributed by atoms with van der Waals surface area (Å²) < 4.78 is 0. The molecule has 1 saturated carbocycles. The third-order valence-corrected chi connectivity index (χ3v) is 4.42. The van der Waals surface area contributed by atoms with Crippen LogP contribution < -0.4 is 11.1 Å². The minimum Gasteiger partial charge on any atom is -0.327 e. The van der Waals surface area contributed by atoms with Gasteiger partial charge in [-0.3, -0.25) is 0 Å². The van der Waals surface area contributed by atoms with E-state index in [1.54, 1.807) is 0 Å². The van der Waals surface area contributed by atoms with E-state index in [9.17, 15) is 0 Å². The molecule has 1 atom stereocenters. The highest BCUT2D eigenvalue weighted by Gasteiger charge is 2.27. The van der Waals surface area contributed by atoms with E-state index in [-0.39, 0.29) is 6.04 Å². The molecule has 0 spiro atoms. The van der Waals surface area contributed by atoms with Crippen LogP contribution in [0.2, 0.25) is 0 Å². The van der Waals surface area contributed by atoms with Crippen LogP contribution in [0.3, 0.4) is 0 Å². The molecule has 0 bridgehead atoms. The SMILES string of the molecule is CC1(CNCC(N)CCc2ccccc2)CCCC1. The van der Waals surface area contributed by atoms with Gasteiger partial charge in [-0.1, -0.05) is 50.1 Å². The van der Waals surface area contributed by atoms with Crippen molar-refractivity contribution in [3.05, 3.63) is 35.9 Å². The molecule has 1 aliphatic rings. The lowest BCUT2D eigenvalue weighted by Gasteiger charge is -2.25. The zero-order valence-electron chi connectivity index (χ0n) is 12.2. The predicted octanol–water partition coefficient (Wildman–Crippen LogP) is 3.12.